The van der Waals surface area contributed by atoms with Gasteiger partial charge in [0, 0.05) is 39.6 Å². The van der Waals surface area contributed by atoms with Gasteiger partial charge in [-0.2, -0.15) is 0 Å². The molecule has 2 atom stereocenters. The van der Waals surface area contributed by atoms with Gasteiger partial charge < -0.3 is 24.9 Å². The molecule has 2 aromatic carbocycles. The number of aromatic nitrogens is 8. The van der Waals surface area contributed by atoms with Crippen molar-refractivity contribution in [3.63, 3.8) is 0 Å². The van der Waals surface area contributed by atoms with Gasteiger partial charge in [-0.1, -0.05) is 97.1 Å². The van der Waals surface area contributed by atoms with Crippen LogP contribution in [0.15, 0.2) is 97.1 Å². The van der Waals surface area contributed by atoms with E-state index in [1.165, 1.54) is 0 Å². The number of allylic oxidation sites excluding steroid dienone is 8. The second kappa shape index (κ2) is 10.2. The first kappa shape index (κ1) is 26.6. The van der Waals surface area contributed by atoms with Gasteiger partial charge in [-0.3, -0.25) is 0 Å². The van der Waals surface area contributed by atoms with Crippen LogP contribution >= 0.6 is 0 Å². The predicted octanol–water partition coefficient (Wildman–Crippen LogP) is -2.51. The fourth-order valence-corrected chi connectivity index (χ4v) is 5.76. The molecule has 42 heavy (non-hydrogen) atoms. The molecule has 4 aromatic rings. The molecule has 188 valence electrons. The Kier molecular flexibility index (Phi) is 6.46. The summed E-state index contributed by atoms with van der Waals surface area (Å²) in [7, 11) is 0. The van der Waals surface area contributed by atoms with Crippen molar-refractivity contribution >= 4 is 33.2 Å². The molecule has 9 rings (SSSR count). The summed E-state index contributed by atoms with van der Waals surface area (Å²) in [6.45, 7) is 0. The average molecular weight is 528 g/mol. The van der Waals surface area contributed by atoms with Crippen LogP contribution in [0.5, 0.6) is 0 Å². The first-order valence-electron chi connectivity index (χ1n) is 13.1. The number of fused-ring (bicyclic) bond motifs is 18. The van der Waals surface area contributed by atoms with E-state index < -0.39 is 0 Å². The van der Waals surface area contributed by atoms with Crippen molar-refractivity contribution in [2.75, 3.05) is 0 Å². The Morgan fingerprint density at radius 2 is 1.19 bits per heavy atom. The third-order valence-corrected chi connectivity index (χ3v) is 7.67. The normalized spacial score (nSPS) is 18.1. The molecule has 0 fully saturated rings. The van der Waals surface area contributed by atoms with Gasteiger partial charge >= 0.3 is 37.7 Å². The Hall–Kier alpha value is -4.31. The van der Waals surface area contributed by atoms with Crippen LogP contribution in [0.25, 0.3) is 56.0 Å². The molecule has 5 heterocycles. The molecule has 8 nitrogen and oxygen atoms in total. The summed E-state index contributed by atoms with van der Waals surface area (Å²) in [5.74, 6) is 2.21. The second-order valence-corrected chi connectivity index (χ2v) is 10.00. The maximum Gasteiger partial charge on any atom is 1.00 e. The van der Waals surface area contributed by atoms with Crippen LogP contribution in [-0.2, 0) is 0 Å². The molecule has 0 radical (unpaired) electrons. The van der Waals surface area contributed by atoms with Gasteiger partial charge in [-0.25, -0.2) is 15.0 Å². The van der Waals surface area contributed by atoms with Crippen molar-refractivity contribution < 1.29 is 37.7 Å². The summed E-state index contributed by atoms with van der Waals surface area (Å²) in [5, 5.41) is 1.81. The molecule has 10 heteroatoms. The number of rotatable bonds is 0. The Morgan fingerprint density at radius 1 is 0.548 bits per heavy atom. The first-order valence-corrected chi connectivity index (χ1v) is 13.1. The maximum atomic E-state index is 5.01. The number of hydrogen-bond acceptors (Lipinski definition) is 6. The predicted molar refractivity (Wildman–Crippen MR) is 151 cm³/mol. The van der Waals surface area contributed by atoms with Crippen molar-refractivity contribution in [2.24, 2.45) is 0 Å². The zero-order chi connectivity index (χ0) is 26.2. The summed E-state index contributed by atoms with van der Waals surface area (Å²) < 4.78 is 0. The topological polar surface area (TPSA) is 106 Å². The fourth-order valence-electron chi connectivity index (χ4n) is 5.76. The summed E-state index contributed by atoms with van der Waals surface area (Å²) >= 11 is 0. The first-order chi connectivity index (χ1) is 19.8. The van der Waals surface area contributed by atoms with Crippen molar-refractivity contribution in [3.8, 4) is 22.8 Å². The van der Waals surface area contributed by atoms with Crippen molar-refractivity contribution in [1.82, 2.24) is 39.9 Å². The molecule has 2 aromatic heterocycles. The van der Waals surface area contributed by atoms with Crippen LogP contribution in [0.3, 0.4) is 0 Å². The third-order valence-electron chi connectivity index (χ3n) is 7.67. The summed E-state index contributed by atoms with van der Waals surface area (Å²) in [5.41, 5.74) is 6.13. The van der Waals surface area contributed by atoms with E-state index in [4.69, 9.17) is 39.9 Å². The van der Waals surface area contributed by atoms with Gasteiger partial charge in [-0.05, 0) is 21.9 Å². The van der Waals surface area contributed by atoms with E-state index in [2.05, 4.69) is 12.2 Å². The van der Waals surface area contributed by atoms with Crippen molar-refractivity contribution in [2.45, 2.75) is 11.8 Å². The molecule has 3 aliphatic heterocycles. The molecule has 2 unspecified atom stereocenters. The summed E-state index contributed by atoms with van der Waals surface area (Å²) in [4.78, 5) is 39.5. The molecular formula is C32H18Li2N8. The van der Waals surface area contributed by atoms with Gasteiger partial charge in [0.15, 0.2) is 5.82 Å². The van der Waals surface area contributed by atoms with E-state index in [9.17, 15) is 0 Å². The van der Waals surface area contributed by atoms with Gasteiger partial charge in [0.2, 0.25) is 0 Å². The van der Waals surface area contributed by atoms with E-state index in [-0.39, 0.29) is 49.6 Å². The minimum absolute atomic E-state index is 0. The van der Waals surface area contributed by atoms with Crippen LogP contribution < -0.4 is 58.6 Å². The van der Waals surface area contributed by atoms with E-state index in [0.717, 1.165) is 33.0 Å². The fraction of sp³-hybridized carbons (Fsp3) is 0.0625. The number of benzene rings is 2. The number of nitrogens with zero attached hydrogens (tertiary/aromatic N) is 8. The van der Waals surface area contributed by atoms with Crippen LogP contribution in [0, 0.1) is 0 Å². The molecule has 0 saturated heterocycles. The molecule has 0 amide bonds. The Morgan fingerprint density at radius 3 is 1.95 bits per heavy atom. The molecule has 8 bridgehead atoms. The number of hydrogen-bond donors (Lipinski definition) is 0. The molecule has 0 spiro atoms. The smallest absolute Gasteiger partial charge is 0.361 e. The van der Waals surface area contributed by atoms with E-state index in [1.807, 2.05) is 85.0 Å². The molecule has 5 aliphatic rings. The zero-order valence-electron chi connectivity index (χ0n) is 23.0. The van der Waals surface area contributed by atoms with Gasteiger partial charge in [0.05, 0.1) is 17.2 Å². The summed E-state index contributed by atoms with van der Waals surface area (Å²) in [6, 6.07) is 16.0. The van der Waals surface area contributed by atoms with Crippen LogP contribution in [0.4, 0.5) is 0 Å². The largest absolute Gasteiger partial charge is 1.00 e. The molecule has 2 aliphatic carbocycles. The average Bonchev–Trinajstić information content (AvgIpc) is 3.73. The van der Waals surface area contributed by atoms with Gasteiger partial charge in [-0.15, -0.1) is 0 Å². The van der Waals surface area contributed by atoms with Crippen LogP contribution in [-0.4, -0.2) is 29.9 Å². The second-order valence-electron chi connectivity index (χ2n) is 10.00. The van der Waals surface area contributed by atoms with E-state index in [0.29, 0.717) is 45.6 Å². The molecule has 0 N–H and O–H groups in total. The Labute approximate surface area is 264 Å². The van der Waals surface area contributed by atoms with Crippen LogP contribution in [0.1, 0.15) is 23.5 Å². The minimum atomic E-state index is -0.113. The summed E-state index contributed by atoms with van der Waals surface area (Å²) in [6.07, 6.45) is 16.3. The Bertz CT molecular complexity index is 2260. The Balaban J connectivity index is 0.00000144. The monoisotopic (exact) mass is 528 g/mol. The quantitative estimate of drug-likeness (QED) is 0.203. The standard InChI is InChI=1S/C32H18N8.2Li/c1-2-10-18-17(9-1)25-33-26(18)38-28-21-13-5-6-14-22(21)30(35-28)40-32-24-16-8-7-15-23(24)31(36-32)39-29-20-12-4-3-11-19(20)27(34-29)37-25;;/h1-17,20H;;/q-2;2*+1. The molecule has 0 saturated carbocycles. The molecular weight excluding hydrogens is 510 g/mol. The third kappa shape index (κ3) is 4.00. The van der Waals surface area contributed by atoms with Crippen LogP contribution in [0.2, 0.25) is 0 Å². The van der Waals surface area contributed by atoms with Gasteiger partial charge in [0.1, 0.15) is 5.82 Å². The van der Waals surface area contributed by atoms with E-state index >= 15 is 0 Å². The van der Waals surface area contributed by atoms with Crippen molar-refractivity contribution in [3.05, 3.63) is 120 Å². The maximum absolute atomic E-state index is 5.01. The van der Waals surface area contributed by atoms with Gasteiger partial charge in [0.25, 0.3) is 0 Å². The SMILES string of the molecule is C1=CC2=c3nc(nc4nc(nc5[n-]c(nc6[n-]c(n3)C3C=CC=CC=63)c3ccccc53)-c3ccccc3-4)C2C=C1.[Li+].[Li+]. The van der Waals surface area contributed by atoms with E-state index in [1.54, 1.807) is 0 Å². The minimum Gasteiger partial charge on any atom is -0.361 e. The zero-order valence-corrected chi connectivity index (χ0v) is 23.0. The van der Waals surface area contributed by atoms with Crippen molar-refractivity contribution in [1.29, 1.82) is 0 Å².